The smallest absolute Gasteiger partial charge is 0.170 e. The predicted octanol–water partition coefficient (Wildman–Crippen LogP) is 1.05. The standard InChI is InChI=1S/C10H13N3O2/c1-13(15-2)10(14)8-6-7-4-3-5-11-9(7)12-8/h3-6,10,14H,1-2H3,(H,11,12). The summed E-state index contributed by atoms with van der Waals surface area (Å²) in [5.74, 6) is 0. The number of fused-ring (bicyclic) bond motifs is 1. The van der Waals surface area contributed by atoms with E-state index in [0.717, 1.165) is 11.0 Å². The summed E-state index contributed by atoms with van der Waals surface area (Å²) in [6.45, 7) is 0. The largest absolute Gasteiger partial charge is 0.371 e. The van der Waals surface area contributed by atoms with E-state index in [1.165, 1.54) is 12.2 Å². The third-order valence-corrected chi connectivity index (χ3v) is 2.32. The van der Waals surface area contributed by atoms with Gasteiger partial charge in [-0.3, -0.25) is 4.84 Å². The highest BCUT2D eigenvalue weighted by Crippen LogP contribution is 2.19. The van der Waals surface area contributed by atoms with Crippen LogP contribution in [-0.4, -0.2) is 34.3 Å². The van der Waals surface area contributed by atoms with E-state index in [-0.39, 0.29) is 0 Å². The number of pyridine rings is 1. The fourth-order valence-corrected chi connectivity index (χ4v) is 1.41. The van der Waals surface area contributed by atoms with Crippen molar-refractivity contribution < 1.29 is 9.94 Å². The number of hydrogen-bond donors (Lipinski definition) is 2. The maximum atomic E-state index is 9.83. The van der Waals surface area contributed by atoms with Gasteiger partial charge in [-0.15, -0.1) is 0 Å². The molecular weight excluding hydrogens is 194 g/mol. The Labute approximate surface area is 87.3 Å². The number of hydrogen-bond acceptors (Lipinski definition) is 4. The summed E-state index contributed by atoms with van der Waals surface area (Å²) in [5.41, 5.74) is 1.42. The minimum Gasteiger partial charge on any atom is -0.371 e. The molecule has 2 N–H and O–H groups in total. The highest BCUT2D eigenvalue weighted by atomic mass is 16.7. The molecule has 5 nitrogen and oxygen atoms in total. The summed E-state index contributed by atoms with van der Waals surface area (Å²) in [4.78, 5) is 12.1. The predicted molar refractivity (Wildman–Crippen MR) is 55.8 cm³/mol. The number of nitrogens with zero attached hydrogens (tertiary/aromatic N) is 2. The number of nitrogens with one attached hydrogen (secondary N) is 1. The lowest BCUT2D eigenvalue weighted by molar-refractivity contribution is -0.207. The molecule has 0 amide bonds. The Morgan fingerprint density at radius 2 is 2.40 bits per heavy atom. The third kappa shape index (κ3) is 1.85. The van der Waals surface area contributed by atoms with Crippen LogP contribution in [0.3, 0.4) is 0 Å². The van der Waals surface area contributed by atoms with Gasteiger partial charge in [-0.2, -0.15) is 5.06 Å². The maximum Gasteiger partial charge on any atom is 0.170 e. The third-order valence-electron chi connectivity index (χ3n) is 2.32. The molecule has 0 fully saturated rings. The van der Waals surface area contributed by atoms with Crippen LogP contribution in [0.1, 0.15) is 11.9 Å². The number of hydroxylamine groups is 2. The van der Waals surface area contributed by atoms with Crippen molar-refractivity contribution in [1.82, 2.24) is 15.0 Å². The van der Waals surface area contributed by atoms with Gasteiger partial charge in [0, 0.05) is 18.6 Å². The number of H-pyrrole nitrogens is 1. The average Bonchev–Trinajstić information content (AvgIpc) is 2.70. The number of aliphatic hydroxyl groups is 1. The second-order valence-electron chi connectivity index (χ2n) is 3.27. The summed E-state index contributed by atoms with van der Waals surface area (Å²) in [6.07, 6.45) is 0.888. The van der Waals surface area contributed by atoms with Crippen LogP contribution >= 0.6 is 0 Å². The zero-order chi connectivity index (χ0) is 10.8. The SMILES string of the molecule is CON(C)C(O)c1cc2cccnc2[nH]1. The lowest BCUT2D eigenvalue weighted by Gasteiger charge is -2.19. The van der Waals surface area contributed by atoms with Gasteiger partial charge in [-0.25, -0.2) is 4.98 Å². The van der Waals surface area contributed by atoms with Gasteiger partial charge in [0.15, 0.2) is 6.23 Å². The van der Waals surface area contributed by atoms with E-state index in [1.54, 1.807) is 13.2 Å². The fraction of sp³-hybridized carbons (Fsp3) is 0.300. The van der Waals surface area contributed by atoms with Gasteiger partial charge in [-0.1, -0.05) is 0 Å². The second kappa shape index (κ2) is 3.98. The van der Waals surface area contributed by atoms with Gasteiger partial charge in [0.05, 0.1) is 12.8 Å². The Morgan fingerprint density at radius 3 is 3.07 bits per heavy atom. The van der Waals surface area contributed by atoms with Crippen LogP contribution in [0.25, 0.3) is 11.0 Å². The van der Waals surface area contributed by atoms with Crippen molar-refractivity contribution in [3.8, 4) is 0 Å². The first-order valence-corrected chi connectivity index (χ1v) is 4.61. The molecule has 0 radical (unpaired) electrons. The van der Waals surface area contributed by atoms with E-state index in [1.807, 2.05) is 18.2 Å². The molecule has 15 heavy (non-hydrogen) atoms. The lowest BCUT2D eigenvalue weighted by atomic mass is 10.3. The monoisotopic (exact) mass is 207 g/mol. The van der Waals surface area contributed by atoms with Crippen molar-refractivity contribution >= 4 is 11.0 Å². The van der Waals surface area contributed by atoms with Crippen molar-refractivity contribution in [3.05, 3.63) is 30.1 Å². The first-order chi connectivity index (χ1) is 7.22. The molecule has 1 atom stereocenters. The number of aliphatic hydroxyl groups excluding tert-OH is 1. The summed E-state index contributed by atoms with van der Waals surface area (Å²) in [6, 6.07) is 5.64. The zero-order valence-electron chi connectivity index (χ0n) is 8.64. The van der Waals surface area contributed by atoms with Gasteiger partial charge in [0.2, 0.25) is 0 Å². The molecule has 0 bridgehead atoms. The molecule has 0 aliphatic carbocycles. The van der Waals surface area contributed by atoms with Gasteiger partial charge >= 0.3 is 0 Å². The summed E-state index contributed by atoms with van der Waals surface area (Å²) >= 11 is 0. The number of rotatable bonds is 3. The number of aromatic amines is 1. The molecule has 80 valence electrons. The zero-order valence-corrected chi connectivity index (χ0v) is 8.64. The first-order valence-electron chi connectivity index (χ1n) is 4.61. The Hall–Kier alpha value is -1.43. The van der Waals surface area contributed by atoms with Gasteiger partial charge < -0.3 is 10.1 Å². The summed E-state index contributed by atoms with van der Waals surface area (Å²) in [7, 11) is 3.16. The van der Waals surface area contributed by atoms with E-state index < -0.39 is 6.23 Å². The molecule has 5 heteroatoms. The highest BCUT2D eigenvalue weighted by Gasteiger charge is 2.15. The van der Waals surface area contributed by atoms with Crippen molar-refractivity contribution in [2.24, 2.45) is 0 Å². The Kier molecular flexibility index (Phi) is 2.68. The van der Waals surface area contributed by atoms with Crippen LogP contribution in [0, 0.1) is 0 Å². The van der Waals surface area contributed by atoms with E-state index in [4.69, 9.17) is 4.84 Å². The first kappa shape index (κ1) is 10.1. The van der Waals surface area contributed by atoms with Gasteiger partial charge in [0.1, 0.15) is 5.65 Å². The Balaban J connectivity index is 2.36. The van der Waals surface area contributed by atoms with Crippen molar-refractivity contribution in [3.63, 3.8) is 0 Å². The molecule has 1 unspecified atom stereocenters. The minimum atomic E-state index is -0.816. The van der Waals surface area contributed by atoms with E-state index in [9.17, 15) is 5.11 Å². The van der Waals surface area contributed by atoms with Gasteiger partial charge in [0.25, 0.3) is 0 Å². The molecule has 0 saturated heterocycles. The van der Waals surface area contributed by atoms with E-state index >= 15 is 0 Å². The fourth-order valence-electron chi connectivity index (χ4n) is 1.41. The van der Waals surface area contributed by atoms with Crippen molar-refractivity contribution in [2.45, 2.75) is 6.23 Å². The molecule has 2 aromatic rings. The van der Waals surface area contributed by atoms with Crippen LogP contribution in [-0.2, 0) is 4.84 Å². The van der Waals surface area contributed by atoms with Crippen LogP contribution < -0.4 is 0 Å². The number of aromatic nitrogens is 2. The Bertz CT molecular complexity index is 422. The highest BCUT2D eigenvalue weighted by molar-refractivity contribution is 5.76. The molecule has 0 saturated carbocycles. The van der Waals surface area contributed by atoms with Crippen LogP contribution in [0.15, 0.2) is 24.4 Å². The molecular formula is C10H13N3O2. The van der Waals surface area contributed by atoms with Crippen LogP contribution in [0.5, 0.6) is 0 Å². The quantitative estimate of drug-likeness (QED) is 0.583. The van der Waals surface area contributed by atoms with E-state index in [2.05, 4.69) is 9.97 Å². The second-order valence-corrected chi connectivity index (χ2v) is 3.27. The normalized spacial score (nSPS) is 13.6. The summed E-state index contributed by atoms with van der Waals surface area (Å²) < 4.78 is 0. The van der Waals surface area contributed by atoms with Crippen LogP contribution in [0.4, 0.5) is 0 Å². The average molecular weight is 207 g/mol. The maximum absolute atomic E-state index is 9.83. The van der Waals surface area contributed by atoms with E-state index in [0.29, 0.717) is 5.69 Å². The Morgan fingerprint density at radius 1 is 1.60 bits per heavy atom. The lowest BCUT2D eigenvalue weighted by Crippen LogP contribution is -2.23. The summed E-state index contributed by atoms with van der Waals surface area (Å²) in [5, 5.41) is 12.2. The van der Waals surface area contributed by atoms with Crippen molar-refractivity contribution in [1.29, 1.82) is 0 Å². The molecule has 0 aromatic carbocycles. The molecule has 0 spiro atoms. The molecule has 2 heterocycles. The topological polar surface area (TPSA) is 61.4 Å². The minimum absolute atomic E-state index is 0.660. The molecule has 2 aromatic heterocycles. The van der Waals surface area contributed by atoms with Gasteiger partial charge in [-0.05, 0) is 18.2 Å². The van der Waals surface area contributed by atoms with Crippen LogP contribution in [0.2, 0.25) is 0 Å². The molecule has 2 rings (SSSR count). The molecule has 0 aliphatic rings. The molecule has 0 aliphatic heterocycles. The van der Waals surface area contributed by atoms with Crippen molar-refractivity contribution in [2.75, 3.05) is 14.2 Å².